The molecule has 0 aliphatic heterocycles. The number of aliphatic carboxylic acids is 2. The molecule has 0 amide bonds. The van der Waals surface area contributed by atoms with Crippen LogP contribution in [0.25, 0.3) is 0 Å². The molecule has 0 unspecified atom stereocenters. The molecule has 0 aliphatic rings. The van der Waals surface area contributed by atoms with Gasteiger partial charge in [0.15, 0.2) is 0 Å². The van der Waals surface area contributed by atoms with Crippen LogP contribution in [0.3, 0.4) is 0 Å². The molecule has 0 saturated heterocycles. The molecule has 0 rings (SSSR count). The molecular formula is C10H16CaO4. The summed E-state index contributed by atoms with van der Waals surface area (Å²) in [6, 6.07) is 0. The van der Waals surface area contributed by atoms with Gasteiger partial charge in [-0.25, -0.2) is 0 Å². The molecule has 0 aromatic carbocycles. The van der Waals surface area contributed by atoms with Crippen LogP contribution >= 0.6 is 0 Å². The Labute approximate surface area is 120 Å². The minimum atomic E-state index is -1.84. The molecule has 15 heavy (non-hydrogen) atoms. The van der Waals surface area contributed by atoms with Gasteiger partial charge in [0, 0.05) is 0 Å². The fourth-order valence-corrected chi connectivity index (χ4v) is 1.50. The third-order valence-electron chi connectivity index (χ3n) is 2.64. The van der Waals surface area contributed by atoms with E-state index in [2.05, 4.69) is 0 Å². The molecule has 0 aromatic heterocycles. The quantitative estimate of drug-likeness (QED) is 0.438. The Morgan fingerprint density at radius 2 is 1.60 bits per heavy atom. The Hall–Kier alpha value is 0.200. The molecule has 0 aromatic rings. The van der Waals surface area contributed by atoms with Gasteiger partial charge in [-0.1, -0.05) is 33.6 Å². The van der Waals surface area contributed by atoms with Gasteiger partial charge in [-0.15, -0.1) is 0 Å². The summed E-state index contributed by atoms with van der Waals surface area (Å²) in [5.41, 5.74) is -1.84. The van der Waals surface area contributed by atoms with Crippen molar-refractivity contribution >= 4 is 49.7 Å². The standard InChI is InChI=1S/C10H18O4.Ca/c1-4-5-6-10(7(2)3,8(11)12)9(13)14;/h7H,4-6H2,1-3H3,(H,11,12)(H,13,14);/q;+2/p-2. The summed E-state index contributed by atoms with van der Waals surface area (Å²) in [5.74, 6) is -3.61. The summed E-state index contributed by atoms with van der Waals surface area (Å²) in [5, 5.41) is 21.8. The molecule has 0 aliphatic carbocycles. The molecule has 0 spiro atoms. The molecule has 5 heteroatoms. The molecule has 0 heterocycles. The monoisotopic (exact) mass is 240 g/mol. The number of carbonyl (C=O) groups excluding carboxylic acids is 2. The van der Waals surface area contributed by atoms with Crippen LogP contribution in [0.15, 0.2) is 0 Å². The van der Waals surface area contributed by atoms with Crippen LogP contribution < -0.4 is 10.2 Å². The van der Waals surface area contributed by atoms with E-state index in [9.17, 15) is 19.8 Å². The smallest absolute Gasteiger partial charge is 0.549 e. The number of hydrogen-bond acceptors (Lipinski definition) is 4. The van der Waals surface area contributed by atoms with E-state index in [0.29, 0.717) is 6.42 Å². The molecular weight excluding hydrogens is 224 g/mol. The topological polar surface area (TPSA) is 80.3 Å². The molecule has 4 nitrogen and oxygen atoms in total. The Balaban J connectivity index is 0. The summed E-state index contributed by atoms with van der Waals surface area (Å²) in [6.45, 7) is 4.98. The third kappa shape index (κ3) is 3.93. The number of carboxylic acids is 2. The second kappa shape index (κ2) is 7.47. The maximum atomic E-state index is 10.9. The van der Waals surface area contributed by atoms with Gasteiger partial charge in [0.1, 0.15) is 0 Å². The first-order valence-electron chi connectivity index (χ1n) is 4.82. The van der Waals surface area contributed by atoms with Crippen molar-refractivity contribution in [3.8, 4) is 0 Å². The van der Waals surface area contributed by atoms with Gasteiger partial charge in [-0.3, -0.25) is 0 Å². The van der Waals surface area contributed by atoms with E-state index in [1.807, 2.05) is 6.92 Å². The Morgan fingerprint density at radius 1 is 1.20 bits per heavy atom. The SMILES string of the molecule is CCCCC(C(=O)[O-])(C(=O)[O-])C(C)C.[Ca+2]. The summed E-state index contributed by atoms with van der Waals surface area (Å²) < 4.78 is 0. The molecule has 0 radical (unpaired) electrons. The van der Waals surface area contributed by atoms with E-state index >= 15 is 0 Å². The second-order valence-corrected chi connectivity index (χ2v) is 3.80. The van der Waals surface area contributed by atoms with Crippen LogP contribution in [0.5, 0.6) is 0 Å². The fraction of sp³-hybridized carbons (Fsp3) is 0.800. The summed E-state index contributed by atoms with van der Waals surface area (Å²) in [6.07, 6.45) is 1.36. The number of rotatable bonds is 6. The van der Waals surface area contributed by atoms with Crippen LogP contribution in [0, 0.1) is 11.3 Å². The minimum absolute atomic E-state index is 0. The van der Waals surface area contributed by atoms with Crippen molar-refractivity contribution in [1.29, 1.82) is 0 Å². The molecule has 0 atom stereocenters. The van der Waals surface area contributed by atoms with Crippen LogP contribution in [0.1, 0.15) is 40.0 Å². The average molecular weight is 240 g/mol. The second-order valence-electron chi connectivity index (χ2n) is 3.80. The van der Waals surface area contributed by atoms with Crippen LogP contribution in [0.4, 0.5) is 0 Å². The largest absolute Gasteiger partial charge is 2.00 e. The van der Waals surface area contributed by atoms with E-state index in [1.54, 1.807) is 13.8 Å². The Bertz CT molecular complexity index is 211. The van der Waals surface area contributed by atoms with Crippen LogP contribution in [-0.2, 0) is 9.59 Å². The van der Waals surface area contributed by atoms with E-state index in [1.165, 1.54) is 0 Å². The zero-order valence-corrected chi connectivity index (χ0v) is 11.7. The Kier molecular flexibility index (Phi) is 8.76. The minimum Gasteiger partial charge on any atom is -0.549 e. The maximum Gasteiger partial charge on any atom is 2.00 e. The number of unbranched alkanes of at least 4 members (excludes halogenated alkanes) is 1. The van der Waals surface area contributed by atoms with E-state index in [-0.39, 0.29) is 44.2 Å². The van der Waals surface area contributed by atoms with Gasteiger partial charge < -0.3 is 19.8 Å². The van der Waals surface area contributed by atoms with Gasteiger partial charge in [0.25, 0.3) is 0 Å². The van der Waals surface area contributed by atoms with E-state index in [0.717, 1.165) is 6.42 Å². The number of carbonyl (C=O) groups is 2. The van der Waals surface area contributed by atoms with E-state index < -0.39 is 23.3 Å². The first-order valence-corrected chi connectivity index (χ1v) is 4.82. The molecule has 82 valence electrons. The Morgan fingerprint density at radius 3 is 1.80 bits per heavy atom. The van der Waals surface area contributed by atoms with Crippen molar-refractivity contribution in [2.24, 2.45) is 11.3 Å². The fourth-order valence-electron chi connectivity index (χ4n) is 1.50. The predicted octanol–water partition coefficient (Wildman–Crippen LogP) is -1.06. The summed E-state index contributed by atoms with van der Waals surface area (Å²) in [4.78, 5) is 21.8. The first kappa shape index (κ1) is 17.6. The van der Waals surface area contributed by atoms with Crippen molar-refractivity contribution in [3.05, 3.63) is 0 Å². The van der Waals surface area contributed by atoms with Crippen molar-refractivity contribution in [2.45, 2.75) is 40.0 Å². The van der Waals surface area contributed by atoms with Gasteiger partial charge >= 0.3 is 37.7 Å². The third-order valence-corrected chi connectivity index (χ3v) is 2.64. The molecule has 0 fully saturated rings. The number of carboxylic acid groups (broad SMARTS) is 2. The molecule has 0 saturated carbocycles. The van der Waals surface area contributed by atoms with Gasteiger partial charge in [-0.05, 0) is 12.3 Å². The van der Waals surface area contributed by atoms with Gasteiger partial charge in [-0.2, -0.15) is 0 Å². The van der Waals surface area contributed by atoms with Crippen molar-refractivity contribution in [3.63, 3.8) is 0 Å². The summed E-state index contributed by atoms with van der Waals surface area (Å²) >= 11 is 0. The molecule has 0 N–H and O–H groups in total. The predicted molar refractivity (Wildman–Crippen MR) is 52.6 cm³/mol. The average Bonchev–Trinajstić information content (AvgIpc) is 2.03. The zero-order chi connectivity index (χ0) is 11.4. The first-order chi connectivity index (χ1) is 6.39. The van der Waals surface area contributed by atoms with Crippen LogP contribution in [-0.4, -0.2) is 49.7 Å². The van der Waals surface area contributed by atoms with Gasteiger partial charge in [0.05, 0.1) is 17.4 Å². The van der Waals surface area contributed by atoms with Gasteiger partial charge in [0.2, 0.25) is 0 Å². The number of hydrogen-bond donors (Lipinski definition) is 0. The summed E-state index contributed by atoms with van der Waals surface area (Å²) in [7, 11) is 0. The van der Waals surface area contributed by atoms with Crippen molar-refractivity contribution < 1.29 is 19.8 Å². The van der Waals surface area contributed by atoms with Crippen molar-refractivity contribution in [2.75, 3.05) is 0 Å². The van der Waals surface area contributed by atoms with E-state index in [4.69, 9.17) is 0 Å². The van der Waals surface area contributed by atoms with Crippen LogP contribution in [0.2, 0.25) is 0 Å². The maximum absolute atomic E-state index is 10.9. The van der Waals surface area contributed by atoms with Crippen molar-refractivity contribution in [1.82, 2.24) is 0 Å². The normalized spacial score (nSPS) is 10.9. The zero-order valence-electron chi connectivity index (χ0n) is 9.54. The molecule has 0 bridgehead atoms.